The van der Waals surface area contributed by atoms with Crippen molar-refractivity contribution >= 4 is 11.9 Å². The van der Waals surface area contributed by atoms with Gasteiger partial charge in [0, 0.05) is 17.5 Å². The van der Waals surface area contributed by atoms with Crippen LogP contribution in [0, 0.1) is 6.92 Å². The van der Waals surface area contributed by atoms with Crippen LogP contribution in [0.1, 0.15) is 56.7 Å². The van der Waals surface area contributed by atoms with Gasteiger partial charge in [-0.2, -0.15) is 0 Å². The monoisotopic (exact) mass is 311 g/mol. The molecule has 1 atom stereocenters. The number of aromatic nitrogens is 2. The molecule has 0 saturated heterocycles. The van der Waals surface area contributed by atoms with Crippen LogP contribution in [0.2, 0.25) is 0 Å². The predicted molar refractivity (Wildman–Crippen MR) is 83.3 cm³/mol. The highest BCUT2D eigenvalue weighted by atomic mass is 16.4. The number of aromatic carboxylic acids is 1. The number of hydrogen-bond donors (Lipinski definition) is 2. The average molecular weight is 311 g/mol. The number of nitrogens with zero attached hydrogens (tertiary/aromatic N) is 2. The van der Waals surface area contributed by atoms with Crippen molar-refractivity contribution in [1.82, 2.24) is 15.3 Å². The van der Waals surface area contributed by atoms with Crippen molar-refractivity contribution in [3.05, 3.63) is 58.7 Å². The number of rotatable bonds is 3. The number of benzene rings is 1. The summed E-state index contributed by atoms with van der Waals surface area (Å²) in [4.78, 5) is 32.4. The lowest BCUT2D eigenvalue weighted by molar-refractivity contribution is 0.0690. The SMILES string of the molecule is Cc1ncc2c(n1)CCC[C@H]2NC(=O)c1ccccc1C(=O)O. The van der Waals surface area contributed by atoms with Crippen LogP contribution < -0.4 is 5.32 Å². The molecule has 23 heavy (non-hydrogen) atoms. The molecule has 2 aromatic rings. The molecule has 1 aliphatic carbocycles. The van der Waals surface area contributed by atoms with E-state index in [-0.39, 0.29) is 23.1 Å². The van der Waals surface area contributed by atoms with Crippen molar-refractivity contribution in [2.24, 2.45) is 0 Å². The molecule has 6 nitrogen and oxygen atoms in total. The van der Waals surface area contributed by atoms with Crippen molar-refractivity contribution < 1.29 is 14.7 Å². The summed E-state index contributed by atoms with van der Waals surface area (Å²) in [6.07, 6.45) is 4.34. The molecule has 2 N–H and O–H groups in total. The van der Waals surface area contributed by atoms with Crippen LogP contribution in [-0.4, -0.2) is 27.0 Å². The first-order valence-corrected chi connectivity index (χ1v) is 7.52. The van der Waals surface area contributed by atoms with Crippen molar-refractivity contribution in [3.63, 3.8) is 0 Å². The van der Waals surface area contributed by atoms with Gasteiger partial charge in [-0.05, 0) is 38.3 Å². The number of hydrogen-bond acceptors (Lipinski definition) is 4. The highest BCUT2D eigenvalue weighted by Crippen LogP contribution is 2.28. The molecule has 0 fully saturated rings. The topological polar surface area (TPSA) is 92.2 Å². The van der Waals surface area contributed by atoms with E-state index < -0.39 is 5.97 Å². The highest BCUT2D eigenvalue weighted by Gasteiger charge is 2.25. The number of carbonyl (C=O) groups excluding carboxylic acids is 1. The van der Waals surface area contributed by atoms with Gasteiger partial charge in [0.15, 0.2) is 0 Å². The zero-order chi connectivity index (χ0) is 16.4. The van der Waals surface area contributed by atoms with Gasteiger partial charge in [-0.1, -0.05) is 12.1 Å². The second-order valence-electron chi connectivity index (χ2n) is 5.59. The van der Waals surface area contributed by atoms with Gasteiger partial charge < -0.3 is 10.4 Å². The standard InChI is InChI=1S/C17H17N3O3/c1-10-18-9-13-14(19-10)7-4-8-15(13)20-16(21)11-5-2-3-6-12(11)17(22)23/h2-3,5-6,9,15H,4,7-8H2,1H3,(H,20,21)(H,22,23)/t15-/m1/s1. The molecule has 118 valence electrons. The third-order valence-corrected chi connectivity index (χ3v) is 4.01. The van der Waals surface area contributed by atoms with Crippen LogP contribution in [0.5, 0.6) is 0 Å². The summed E-state index contributed by atoms with van der Waals surface area (Å²) in [6, 6.07) is 6.02. The van der Waals surface area contributed by atoms with Gasteiger partial charge in [-0.3, -0.25) is 4.79 Å². The zero-order valence-electron chi connectivity index (χ0n) is 12.7. The molecule has 0 saturated carbocycles. The lowest BCUT2D eigenvalue weighted by Crippen LogP contribution is -2.32. The Morgan fingerprint density at radius 1 is 1.26 bits per heavy atom. The van der Waals surface area contributed by atoms with E-state index in [9.17, 15) is 14.7 Å². The van der Waals surface area contributed by atoms with Crippen molar-refractivity contribution in [3.8, 4) is 0 Å². The third kappa shape index (κ3) is 3.06. The van der Waals surface area contributed by atoms with E-state index in [1.54, 1.807) is 18.3 Å². The van der Waals surface area contributed by atoms with E-state index in [1.165, 1.54) is 12.1 Å². The first-order chi connectivity index (χ1) is 11.1. The molecule has 1 aromatic carbocycles. The summed E-state index contributed by atoms with van der Waals surface area (Å²) in [5, 5.41) is 12.1. The molecule has 6 heteroatoms. The minimum atomic E-state index is -1.11. The molecule has 0 aliphatic heterocycles. The second kappa shape index (κ2) is 6.16. The number of carboxylic acids is 1. The fraction of sp³-hybridized carbons (Fsp3) is 0.294. The highest BCUT2D eigenvalue weighted by molar-refractivity contribution is 6.04. The van der Waals surface area contributed by atoms with Crippen LogP contribution in [0.15, 0.2) is 30.5 Å². The number of fused-ring (bicyclic) bond motifs is 1. The molecule has 3 rings (SSSR count). The van der Waals surface area contributed by atoms with Gasteiger partial charge >= 0.3 is 5.97 Å². The Morgan fingerprint density at radius 2 is 2.00 bits per heavy atom. The second-order valence-corrected chi connectivity index (χ2v) is 5.59. The normalized spacial score (nSPS) is 16.5. The average Bonchev–Trinajstić information content (AvgIpc) is 2.54. The maximum absolute atomic E-state index is 12.5. The van der Waals surface area contributed by atoms with E-state index in [0.717, 1.165) is 30.5 Å². The number of amides is 1. The fourth-order valence-electron chi connectivity index (χ4n) is 2.90. The largest absolute Gasteiger partial charge is 0.478 e. The smallest absolute Gasteiger partial charge is 0.336 e. The van der Waals surface area contributed by atoms with Gasteiger partial charge in [-0.15, -0.1) is 0 Å². The lowest BCUT2D eigenvalue weighted by Gasteiger charge is -2.25. The maximum atomic E-state index is 12.5. The Morgan fingerprint density at radius 3 is 2.74 bits per heavy atom. The van der Waals surface area contributed by atoms with E-state index in [0.29, 0.717) is 5.82 Å². The summed E-state index contributed by atoms with van der Waals surface area (Å²) >= 11 is 0. The van der Waals surface area contributed by atoms with E-state index in [1.807, 2.05) is 6.92 Å². The quantitative estimate of drug-likeness (QED) is 0.907. The number of nitrogens with one attached hydrogen (secondary N) is 1. The first-order valence-electron chi connectivity index (χ1n) is 7.52. The van der Waals surface area contributed by atoms with Crippen molar-refractivity contribution in [2.75, 3.05) is 0 Å². The van der Waals surface area contributed by atoms with Gasteiger partial charge in [0.1, 0.15) is 5.82 Å². The summed E-state index contributed by atoms with van der Waals surface area (Å²) in [7, 11) is 0. The molecular weight excluding hydrogens is 294 g/mol. The van der Waals surface area contributed by atoms with Gasteiger partial charge in [0.05, 0.1) is 17.2 Å². The zero-order valence-corrected chi connectivity index (χ0v) is 12.7. The number of aryl methyl sites for hydroxylation is 2. The first kappa shape index (κ1) is 15.1. The molecule has 1 aliphatic rings. The summed E-state index contributed by atoms with van der Waals surface area (Å²) in [6.45, 7) is 1.84. The molecule has 0 radical (unpaired) electrons. The number of carboxylic acid groups (broad SMARTS) is 1. The Hall–Kier alpha value is -2.76. The molecule has 1 aromatic heterocycles. The molecule has 0 spiro atoms. The summed E-state index contributed by atoms with van der Waals surface area (Å²) < 4.78 is 0. The Bertz CT molecular complexity index is 773. The van der Waals surface area contributed by atoms with Crippen molar-refractivity contribution in [2.45, 2.75) is 32.2 Å². The van der Waals surface area contributed by atoms with E-state index in [4.69, 9.17) is 0 Å². The van der Waals surface area contributed by atoms with Crippen LogP contribution in [0.25, 0.3) is 0 Å². The maximum Gasteiger partial charge on any atom is 0.336 e. The molecule has 0 bridgehead atoms. The van der Waals surface area contributed by atoms with E-state index in [2.05, 4.69) is 15.3 Å². The molecular formula is C17H17N3O3. The van der Waals surface area contributed by atoms with Gasteiger partial charge in [-0.25, -0.2) is 14.8 Å². The minimum absolute atomic E-state index is 0.00110. The summed E-state index contributed by atoms with van der Waals surface area (Å²) in [5.41, 5.74) is 2.05. The van der Waals surface area contributed by atoms with Crippen LogP contribution >= 0.6 is 0 Å². The Labute approximate surface area is 133 Å². The van der Waals surface area contributed by atoms with Gasteiger partial charge in [0.25, 0.3) is 5.91 Å². The Balaban J connectivity index is 1.87. The molecule has 0 unspecified atom stereocenters. The van der Waals surface area contributed by atoms with Crippen LogP contribution in [0.3, 0.4) is 0 Å². The lowest BCUT2D eigenvalue weighted by atomic mass is 9.92. The third-order valence-electron chi connectivity index (χ3n) is 4.01. The van der Waals surface area contributed by atoms with Crippen LogP contribution in [0.4, 0.5) is 0 Å². The summed E-state index contributed by atoms with van der Waals surface area (Å²) in [5.74, 6) is -0.785. The van der Waals surface area contributed by atoms with Crippen LogP contribution in [-0.2, 0) is 6.42 Å². The minimum Gasteiger partial charge on any atom is -0.478 e. The Kier molecular flexibility index (Phi) is 4.06. The number of carbonyl (C=O) groups is 2. The fourth-order valence-corrected chi connectivity index (χ4v) is 2.90. The van der Waals surface area contributed by atoms with E-state index >= 15 is 0 Å². The van der Waals surface area contributed by atoms with Crippen molar-refractivity contribution in [1.29, 1.82) is 0 Å². The predicted octanol–water partition coefficient (Wildman–Crippen LogP) is 2.29. The molecule has 1 amide bonds. The van der Waals surface area contributed by atoms with Gasteiger partial charge in [0.2, 0.25) is 0 Å². The molecule has 1 heterocycles.